The van der Waals surface area contributed by atoms with Gasteiger partial charge in [0.25, 0.3) is 5.91 Å². The molecule has 6 heteroatoms. The molecular formula is C21H22ClN3O2. The van der Waals surface area contributed by atoms with Crippen LogP contribution in [0.4, 0.5) is 11.4 Å². The van der Waals surface area contributed by atoms with E-state index in [4.69, 9.17) is 11.6 Å². The quantitative estimate of drug-likeness (QED) is 0.799. The van der Waals surface area contributed by atoms with Crippen LogP contribution in [0.5, 0.6) is 0 Å². The van der Waals surface area contributed by atoms with Crippen LogP contribution in [0.2, 0.25) is 5.02 Å². The molecule has 1 fully saturated rings. The number of benzene rings is 2. The topological polar surface area (TPSA) is 43.9 Å². The number of carbonyl (C=O) groups is 2. The van der Waals surface area contributed by atoms with Gasteiger partial charge in [-0.1, -0.05) is 17.7 Å². The van der Waals surface area contributed by atoms with Crippen molar-refractivity contribution in [2.24, 2.45) is 0 Å². The number of fused-ring (bicyclic) bond motifs is 1. The van der Waals surface area contributed by atoms with Crippen molar-refractivity contribution in [3.05, 3.63) is 58.6 Å². The van der Waals surface area contributed by atoms with Gasteiger partial charge in [-0.05, 0) is 48.4 Å². The normalized spacial score (nSPS) is 16.4. The molecule has 0 unspecified atom stereocenters. The van der Waals surface area contributed by atoms with Gasteiger partial charge < -0.3 is 14.7 Å². The summed E-state index contributed by atoms with van der Waals surface area (Å²) in [5.41, 5.74) is 3.81. The molecule has 0 saturated carbocycles. The predicted octanol–water partition coefficient (Wildman–Crippen LogP) is 3.21. The second kappa shape index (κ2) is 7.24. The van der Waals surface area contributed by atoms with E-state index in [1.54, 1.807) is 11.8 Å². The third kappa shape index (κ3) is 3.52. The van der Waals surface area contributed by atoms with Gasteiger partial charge >= 0.3 is 0 Å². The van der Waals surface area contributed by atoms with Crippen LogP contribution in [0.25, 0.3) is 0 Å². The SMILES string of the molecule is CC(=O)N1CCc2cc(C(=O)N3CCN(c4cccc(Cl)c4)CC3)ccc21. The monoisotopic (exact) mass is 383 g/mol. The van der Waals surface area contributed by atoms with Crippen molar-refractivity contribution in [2.45, 2.75) is 13.3 Å². The van der Waals surface area contributed by atoms with E-state index in [9.17, 15) is 9.59 Å². The van der Waals surface area contributed by atoms with Crippen molar-refractivity contribution in [1.29, 1.82) is 0 Å². The van der Waals surface area contributed by atoms with Gasteiger partial charge in [0.1, 0.15) is 0 Å². The van der Waals surface area contributed by atoms with E-state index in [1.165, 1.54) is 0 Å². The highest BCUT2D eigenvalue weighted by atomic mass is 35.5. The largest absolute Gasteiger partial charge is 0.368 e. The number of nitrogens with zero attached hydrogens (tertiary/aromatic N) is 3. The average Bonchev–Trinajstić information content (AvgIpc) is 3.11. The Balaban J connectivity index is 1.43. The fourth-order valence-electron chi connectivity index (χ4n) is 3.89. The minimum absolute atomic E-state index is 0.0463. The van der Waals surface area contributed by atoms with Crippen LogP contribution in [0.3, 0.4) is 0 Å². The van der Waals surface area contributed by atoms with Gasteiger partial charge in [-0.15, -0.1) is 0 Å². The molecule has 2 aromatic rings. The molecule has 140 valence electrons. The maximum atomic E-state index is 12.9. The van der Waals surface area contributed by atoms with Gasteiger partial charge in [-0.25, -0.2) is 0 Å². The maximum Gasteiger partial charge on any atom is 0.253 e. The Morgan fingerprint density at radius 3 is 2.44 bits per heavy atom. The minimum Gasteiger partial charge on any atom is -0.368 e. The summed E-state index contributed by atoms with van der Waals surface area (Å²) in [5.74, 6) is 0.106. The lowest BCUT2D eigenvalue weighted by Crippen LogP contribution is -2.48. The molecule has 4 rings (SSSR count). The first-order valence-corrected chi connectivity index (χ1v) is 9.61. The van der Waals surface area contributed by atoms with Gasteiger partial charge in [0.15, 0.2) is 0 Å². The molecule has 2 heterocycles. The molecule has 2 aliphatic heterocycles. The number of amides is 2. The molecule has 2 aliphatic rings. The van der Waals surface area contributed by atoms with Gasteiger partial charge in [0, 0.05) is 61.6 Å². The lowest BCUT2D eigenvalue weighted by Gasteiger charge is -2.36. The molecule has 0 atom stereocenters. The first-order valence-electron chi connectivity index (χ1n) is 9.24. The fraction of sp³-hybridized carbons (Fsp3) is 0.333. The van der Waals surface area contributed by atoms with Crippen LogP contribution >= 0.6 is 11.6 Å². The fourth-order valence-corrected chi connectivity index (χ4v) is 4.07. The van der Waals surface area contributed by atoms with E-state index in [1.807, 2.05) is 47.4 Å². The molecule has 0 spiro atoms. The van der Waals surface area contributed by atoms with E-state index >= 15 is 0 Å². The molecule has 0 aliphatic carbocycles. The highest BCUT2D eigenvalue weighted by Gasteiger charge is 2.26. The van der Waals surface area contributed by atoms with Gasteiger partial charge in [-0.2, -0.15) is 0 Å². The highest BCUT2D eigenvalue weighted by molar-refractivity contribution is 6.30. The first kappa shape index (κ1) is 17.9. The Morgan fingerprint density at radius 1 is 0.963 bits per heavy atom. The van der Waals surface area contributed by atoms with Crippen molar-refractivity contribution in [3.8, 4) is 0 Å². The number of carbonyl (C=O) groups excluding carboxylic acids is 2. The smallest absolute Gasteiger partial charge is 0.253 e. The summed E-state index contributed by atoms with van der Waals surface area (Å²) in [6, 6.07) is 13.5. The van der Waals surface area contributed by atoms with Crippen LogP contribution < -0.4 is 9.80 Å². The van der Waals surface area contributed by atoms with Crippen molar-refractivity contribution >= 4 is 34.8 Å². The van der Waals surface area contributed by atoms with Crippen molar-refractivity contribution in [2.75, 3.05) is 42.5 Å². The predicted molar refractivity (Wildman–Crippen MR) is 108 cm³/mol. The maximum absolute atomic E-state index is 12.9. The molecule has 0 radical (unpaired) electrons. The number of rotatable bonds is 2. The third-order valence-electron chi connectivity index (χ3n) is 5.34. The molecule has 5 nitrogen and oxygen atoms in total. The molecule has 0 N–H and O–H groups in total. The second-order valence-electron chi connectivity index (χ2n) is 7.02. The zero-order chi connectivity index (χ0) is 19.0. The van der Waals surface area contributed by atoms with Crippen molar-refractivity contribution in [3.63, 3.8) is 0 Å². The Kier molecular flexibility index (Phi) is 4.79. The average molecular weight is 384 g/mol. The number of hydrogen-bond donors (Lipinski definition) is 0. The second-order valence-corrected chi connectivity index (χ2v) is 7.46. The van der Waals surface area contributed by atoms with Crippen LogP contribution in [0, 0.1) is 0 Å². The Bertz CT molecular complexity index is 891. The van der Waals surface area contributed by atoms with E-state index < -0.39 is 0 Å². The standard InChI is InChI=1S/C21H22ClN3O2/c1-15(26)25-8-7-16-13-17(5-6-20(16)25)21(27)24-11-9-23(10-12-24)19-4-2-3-18(22)14-19/h2-6,13-14H,7-12H2,1H3. The molecule has 2 amide bonds. The van der Waals surface area contributed by atoms with Gasteiger partial charge in [0.2, 0.25) is 5.91 Å². The zero-order valence-corrected chi connectivity index (χ0v) is 16.1. The van der Waals surface area contributed by atoms with Gasteiger partial charge in [-0.3, -0.25) is 9.59 Å². The van der Waals surface area contributed by atoms with Gasteiger partial charge in [0.05, 0.1) is 0 Å². The van der Waals surface area contributed by atoms with E-state index in [0.717, 1.165) is 41.5 Å². The lowest BCUT2D eigenvalue weighted by atomic mass is 10.1. The highest BCUT2D eigenvalue weighted by Crippen LogP contribution is 2.29. The molecule has 0 aromatic heterocycles. The van der Waals surface area contributed by atoms with E-state index in [0.29, 0.717) is 25.2 Å². The summed E-state index contributed by atoms with van der Waals surface area (Å²) < 4.78 is 0. The van der Waals surface area contributed by atoms with Crippen LogP contribution in [0.1, 0.15) is 22.8 Å². The Labute approximate surface area is 164 Å². The number of piperazine rings is 1. The molecule has 27 heavy (non-hydrogen) atoms. The van der Waals surface area contributed by atoms with E-state index in [-0.39, 0.29) is 11.8 Å². The molecular weight excluding hydrogens is 362 g/mol. The Hall–Kier alpha value is -2.53. The molecule has 0 bridgehead atoms. The van der Waals surface area contributed by atoms with Crippen molar-refractivity contribution in [1.82, 2.24) is 4.90 Å². The number of hydrogen-bond acceptors (Lipinski definition) is 3. The summed E-state index contributed by atoms with van der Waals surface area (Å²) in [5, 5.41) is 0.726. The van der Waals surface area contributed by atoms with Crippen LogP contribution in [-0.2, 0) is 11.2 Å². The lowest BCUT2D eigenvalue weighted by molar-refractivity contribution is -0.116. The molecule has 1 saturated heterocycles. The molecule has 2 aromatic carbocycles. The van der Waals surface area contributed by atoms with E-state index in [2.05, 4.69) is 4.90 Å². The third-order valence-corrected chi connectivity index (χ3v) is 5.58. The summed E-state index contributed by atoms with van der Waals surface area (Å²) in [6.45, 7) is 5.21. The first-order chi connectivity index (χ1) is 13.0. The summed E-state index contributed by atoms with van der Waals surface area (Å²) in [4.78, 5) is 30.5. The summed E-state index contributed by atoms with van der Waals surface area (Å²) in [7, 11) is 0. The van der Waals surface area contributed by atoms with Crippen LogP contribution in [0.15, 0.2) is 42.5 Å². The minimum atomic E-state index is 0.0463. The zero-order valence-electron chi connectivity index (χ0n) is 15.3. The Morgan fingerprint density at radius 2 is 1.74 bits per heavy atom. The number of anilines is 2. The van der Waals surface area contributed by atoms with Crippen LogP contribution in [-0.4, -0.2) is 49.4 Å². The number of halogens is 1. The summed E-state index contributed by atoms with van der Waals surface area (Å²) in [6.07, 6.45) is 0.804. The van der Waals surface area contributed by atoms with Crippen molar-refractivity contribution < 1.29 is 9.59 Å². The summed E-state index contributed by atoms with van der Waals surface area (Å²) >= 11 is 6.08.